The Morgan fingerprint density at radius 1 is 1.20 bits per heavy atom. The van der Waals surface area contributed by atoms with Crippen molar-refractivity contribution in [1.82, 2.24) is 9.88 Å². The van der Waals surface area contributed by atoms with Crippen LogP contribution in [0, 0.1) is 13.8 Å². The molecule has 0 aliphatic heterocycles. The zero-order valence-electron chi connectivity index (χ0n) is 11.8. The van der Waals surface area contributed by atoms with Gasteiger partial charge in [-0.2, -0.15) is 0 Å². The molecule has 0 saturated heterocycles. The highest BCUT2D eigenvalue weighted by Crippen LogP contribution is 2.10. The molecule has 0 spiro atoms. The maximum atomic E-state index is 11.9. The fourth-order valence-electron chi connectivity index (χ4n) is 2.19. The predicted octanol–water partition coefficient (Wildman–Crippen LogP) is 3.12. The molecule has 1 aromatic heterocycles. The van der Waals surface area contributed by atoms with Crippen LogP contribution in [-0.2, 0) is 17.8 Å². The minimum atomic E-state index is 0.0365. The van der Waals surface area contributed by atoms with Crippen molar-refractivity contribution in [2.75, 3.05) is 6.54 Å². The molecule has 1 aromatic carbocycles. The van der Waals surface area contributed by atoms with Crippen LogP contribution in [0.25, 0.3) is 0 Å². The summed E-state index contributed by atoms with van der Waals surface area (Å²) in [6, 6.07) is 11.8. The van der Waals surface area contributed by atoms with Gasteiger partial charge in [-0.1, -0.05) is 23.7 Å². The summed E-state index contributed by atoms with van der Waals surface area (Å²) in [7, 11) is 0. The average molecular weight is 291 g/mol. The molecule has 106 valence electrons. The Bertz CT molecular complexity index is 585. The van der Waals surface area contributed by atoms with Gasteiger partial charge in [0.2, 0.25) is 5.91 Å². The molecule has 2 aromatic rings. The number of hydrogen-bond donors (Lipinski definition) is 1. The molecule has 0 fully saturated rings. The van der Waals surface area contributed by atoms with Crippen LogP contribution in [0.4, 0.5) is 0 Å². The topological polar surface area (TPSA) is 34.0 Å². The van der Waals surface area contributed by atoms with Gasteiger partial charge in [0.1, 0.15) is 6.54 Å². The first-order valence-corrected chi connectivity index (χ1v) is 7.08. The third kappa shape index (κ3) is 3.87. The standard InChI is InChI=1S/C16H19ClN2O/c1-12-6-7-13(2)19(12)11-16(20)18-9-8-14-4-3-5-15(17)10-14/h3-7,10H,8-9,11H2,1-2H3,(H,18,20). The molecule has 1 N–H and O–H groups in total. The van der Waals surface area contributed by atoms with Crippen LogP contribution in [-0.4, -0.2) is 17.0 Å². The maximum Gasteiger partial charge on any atom is 0.239 e. The average Bonchev–Trinajstić information content (AvgIpc) is 2.71. The number of benzene rings is 1. The Hall–Kier alpha value is -1.74. The Balaban J connectivity index is 1.81. The number of nitrogens with zero attached hydrogens (tertiary/aromatic N) is 1. The third-order valence-corrected chi connectivity index (χ3v) is 3.58. The molecule has 3 nitrogen and oxygen atoms in total. The van der Waals surface area contributed by atoms with Crippen molar-refractivity contribution in [3.05, 3.63) is 58.4 Å². The van der Waals surface area contributed by atoms with E-state index in [9.17, 15) is 4.79 Å². The lowest BCUT2D eigenvalue weighted by Crippen LogP contribution is -2.30. The molecule has 1 amide bonds. The van der Waals surface area contributed by atoms with E-state index in [1.54, 1.807) is 0 Å². The predicted molar refractivity (Wildman–Crippen MR) is 82.1 cm³/mol. The molecule has 0 atom stereocenters. The zero-order chi connectivity index (χ0) is 14.5. The van der Waals surface area contributed by atoms with Crippen molar-refractivity contribution < 1.29 is 4.79 Å². The number of nitrogens with one attached hydrogen (secondary N) is 1. The molecule has 0 saturated carbocycles. The van der Waals surface area contributed by atoms with E-state index < -0.39 is 0 Å². The van der Waals surface area contributed by atoms with Crippen LogP contribution in [0.3, 0.4) is 0 Å². The van der Waals surface area contributed by atoms with Crippen LogP contribution in [0.5, 0.6) is 0 Å². The number of rotatable bonds is 5. The van der Waals surface area contributed by atoms with E-state index in [0.29, 0.717) is 13.1 Å². The molecule has 0 radical (unpaired) electrons. The monoisotopic (exact) mass is 290 g/mol. The second kappa shape index (κ2) is 6.62. The fraction of sp³-hybridized carbons (Fsp3) is 0.312. The highest BCUT2D eigenvalue weighted by atomic mass is 35.5. The smallest absolute Gasteiger partial charge is 0.239 e. The van der Waals surface area contributed by atoms with E-state index in [-0.39, 0.29) is 5.91 Å². The SMILES string of the molecule is Cc1ccc(C)n1CC(=O)NCCc1cccc(Cl)c1. The number of carbonyl (C=O) groups is 1. The number of halogens is 1. The molecular weight excluding hydrogens is 272 g/mol. The van der Waals surface area contributed by atoms with E-state index in [4.69, 9.17) is 11.6 Å². The first-order valence-electron chi connectivity index (χ1n) is 6.70. The van der Waals surface area contributed by atoms with Gasteiger partial charge in [0, 0.05) is 23.0 Å². The van der Waals surface area contributed by atoms with Crippen LogP contribution < -0.4 is 5.32 Å². The molecule has 1 heterocycles. The third-order valence-electron chi connectivity index (χ3n) is 3.34. The van der Waals surface area contributed by atoms with Crippen molar-refractivity contribution in [1.29, 1.82) is 0 Å². The summed E-state index contributed by atoms with van der Waals surface area (Å²) >= 11 is 5.93. The van der Waals surface area contributed by atoms with Gasteiger partial charge in [-0.15, -0.1) is 0 Å². The van der Waals surface area contributed by atoms with E-state index in [1.165, 1.54) is 0 Å². The summed E-state index contributed by atoms with van der Waals surface area (Å²) < 4.78 is 2.01. The summed E-state index contributed by atoms with van der Waals surface area (Å²) in [5, 5.41) is 3.67. The highest BCUT2D eigenvalue weighted by Gasteiger charge is 2.06. The van der Waals surface area contributed by atoms with Crippen molar-refractivity contribution >= 4 is 17.5 Å². The van der Waals surface area contributed by atoms with Crippen LogP contribution in [0.2, 0.25) is 5.02 Å². The maximum absolute atomic E-state index is 11.9. The van der Waals surface area contributed by atoms with Crippen molar-refractivity contribution in [2.24, 2.45) is 0 Å². The van der Waals surface area contributed by atoms with Crippen molar-refractivity contribution in [2.45, 2.75) is 26.8 Å². The number of aryl methyl sites for hydroxylation is 2. The fourth-order valence-corrected chi connectivity index (χ4v) is 2.40. The van der Waals surface area contributed by atoms with Gasteiger partial charge < -0.3 is 9.88 Å². The van der Waals surface area contributed by atoms with Crippen LogP contribution >= 0.6 is 11.6 Å². The second-order valence-corrected chi connectivity index (χ2v) is 5.37. The van der Waals surface area contributed by atoms with Gasteiger partial charge >= 0.3 is 0 Å². The molecule has 0 aliphatic carbocycles. The first-order chi connectivity index (χ1) is 9.56. The Morgan fingerprint density at radius 2 is 1.90 bits per heavy atom. The lowest BCUT2D eigenvalue weighted by molar-refractivity contribution is -0.121. The second-order valence-electron chi connectivity index (χ2n) is 4.93. The van der Waals surface area contributed by atoms with Crippen molar-refractivity contribution in [3.63, 3.8) is 0 Å². The molecule has 4 heteroatoms. The van der Waals surface area contributed by atoms with Crippen molar-refractivity contribution in [3.8, 4) is 0 Å². The van der Waals surface area contributed by atoms with E-state index in [2.05, 4.69) is 5.32 Å². The summed E-state index contributed by atoms with van der Waals surface area (Å²) in [6.45, 7) is 5.01. The molecule has 2 rings (SSSR count). The normalized spacial score (nSPS) is 10.6. The number of amides is 1. The van der Waals surface area contributed by atoms with Gasteiger partial charge in [0.15, 0.2) is 0 Å². The summed E-state index contributed by atoms with van der Waals surface area (Å²) in [4.78, 5) is 11.9. The first kappa shape index (κ1) is 14.7. The van der Waals surface area contributed by atoms with Gasteiger partial charge in [-0.05, 0) is 50.1 Å². The molecule has 0 aliphatic rings. The van der Waals surface area contributed by atoms with Gasteiger partial charge in [0.25, 0.3) is 0 Å². The number of hydrogen-bond acceptors (Lipinski definition) is 1. The molecule has 0 bridgehead atoms. The van der Waals surface area contributed by atoms with E-state index in [1.807, 2.05) is 54.8 Å². The van der Waals surface area contributed by atoms with E-state index in [0.717, 1.165) is 28.4 Å². The lowest BCUT2D eigenvalue weighted by Gasteiger charge is -2.10. The highest BCUT2D eigenvalue weighted by molar-refractivity contribution is 6.30. The summed E-state index contributed by atoms with van der Waals surface area (Å²) in [6.07, 6.45) is 0.788. The lowest BCUT2D eigenvalue weighted by atomic mass is 10.1. The summed E-state index contributed by atoms with van der Waals surface area (Å²) in [5.74, 6) is 0.0365. The number of aromatic nitrogens is 1. The Labute approximate surface area is 124 Å². The van der Waals surface area contributed by atoms with Gasteiger partial charge in [0.05, 0.1) is 0 Å². The van der Waals surface area contributed by atoms with Gasteiger partial charge in [-0.25, -0.2) is 0 Å². The number of carbonyl (C=O) groups excluding carboxylic acids is 1. The van der Waals surface area contributed by atoms with Crippen LogP contribution in [0.15, 0.2) is 36.4 Å². The van der Waals surface area contributed by atoms with E-state index >= 15 is 0 Å². The minimum Gasteiger partial charge on any atom is -0.354 e. The Morgan fingerprint density at radius 3 is 2.55 bits per heavy atom. The zero-order valence-corrected chi connectivity index (χ0v) is 12.6. The molecule has 0 unspecified atom stereocenters. The molecular formula is C16H19ClN2O. The Kier molecular flexibility index (Phi) is 4.85. The quantitative estimate of drug-likeness (QED) is 0.902. The minimum absolute atomic E-state index is 0.0365. The van der Waals surface area contributed by atoms with Crippen LogP contribution in [0.1, 0.15) is 17.0 Å². The largest absolute Gasteiger partial charge is 0.354 e. The van der Waals surface area contributed by atoms with Gasteiger partial charge in [-0.3, -0.25) is 4.79 Å². The summed E-state index contributed by atoms with van der Waals surface area (Å²) in [5.41, 5.74) is 3.34. The molecule has 20 heavy (non-hydrogen) atoms.